The number of carbonyl (C=O) groups is 3. The minimum absolute atomic E-state index is 0.00118. The van der Waals surface area contributed by atoms with E-state index in [0.717, 1.165) is 0 Å². The Bertz CT molecular complexity index is 646. The normalized spacial score (nSPS) is 25.5. The first-order valence-electron chi connectivity index (χ1n) is 8.90. The van der Waals surface area contributed by atoms with Crippen LogP contribution < -0.4 is 0 Å². The van der Waals surface area contributed by atoms with Crippen molar-refractivity contribution in [3.63, 3.8) is 0 Å². The zero-order valence-electron chi connectivity index (χ0n) is 15.4. The maximum absolute atomic E-state index is 13.6. The Morgan fingerprint density at radius 1 is 1.35 bits per heavy atom. The predicted molar refractivity (Wildman–Crippen MR) is 89.7 cm³/mol. The molecule has 3 heterocycles. The summed E-state index contributed by atoms with van der Waals surface area (Å²) in [5, 5.41) is 0. The second kappa shape index (κ2) is 6.55. The van der Waals surface area contributed by atoms with Gasteiger partial charge in [-0.2, -0.15) is 0 Å². The number of hydrogen-bond acceptors (Lipinski definition) is 5. The third-order valence-electron chi connectivity index (χ3n) is 5.17. The highest BCUT2D eigenvalue weighted by Crippen LogP contribution is 2.46. The van der Waals surface area contributed by atoms with E-state index < -0.39 is 35.8 Å². The Balaban J connectivity index is 1.70. The van der Waals surface area contributed by atoms with E-state index in [4.69, 9.17) is 9.47 Å². The number of amides is 2. The molecule has 0 aliphatic carbocycles. The molecule has 2 fully saturated rings. The Morgan fingerprint density at radius 2 is 2.00 bits per heavy atom. The summed E-state index contributed by atoms with van der Waals surface area (Å²) in [4.78, 5) is 39.6. The molecule has 1 atom stereocenters. The second-order valence-electron chi connectivity index (χ2n) is 8.18. The van der Waals surface area contributed by atoms with E-state index in [0.29, 0.717) is 38.0 Å². The maximum atomic E-state index is 13.6. The molecule has 2 saturated heterocycles. The van der Waals surface area contributed by atoms with E-state index in [1.54, 1.807) is 25.7 Å². The van der Waals surface area contributed by atoms with Crippen molar-refractivity contribution in [2.24, 2.45) is 5.41 Å². The minimum atomic E-state index is -0.693. The van der Waals surface area contributed by atoms with Gasteiger partial charge in [-0.15, -0.1) is 0 Å². The first-order valence-corrected chi connectivity index (χ1v) is 8.90. The first kappa shape index (κ1) is 18.7. The fraction of sp³-hybridized carbons (Fsp3) is 0.722. The number of alkyl halides is 1. The second-order valence-corrected chi connectivity index (χ2v) is 8.18. The molecule has 7 nitrogen and oxygen atoms in total. The van der Waals surface area contributed by atoms with Crippen LogP contribution in [-0.4, -0.2) is 65.8 Å². The highest BCUT2D eigenvalue weighted by Gasteiger charge is 2.54. The van der Waals surface area contributed by atoms with Crippen LogP contribution in [0.3, 0.4) is 0 Å². The predicted octanol–water partition coefficient (Wildman–Crippen LogP) is 2.01. The van der Waals surface area contributed by atoms with Crippen LogP contribution in [0, 0.1) is 5.41 Å². The molecule has 8 heteroatoms. The number of rotatable bonds is 2. The molecule has 3 rings (SSSR count). The van der Waals surface area contributed by atoms with Crippen LogP contribution in [0.1, 0.15) is 40.0 Å². The van der Waals surface area contributed by atoms with E-state index in [9.17, 15) is 18.8 Å². The van der Waals surface area contributed by atoms with Crippen molar-refractivity contribution in [2.75, 3.05) is 26.4 Å². The maximum Gasteiger partial charge on any atom is 0.410 e. The summed E-state index contributed by atoms with van der Waals surface area (Å²) in [5.41, 5.74) is -0.844. The van der Waals surface area contributed by atoms with Gasteiger partial charge in [-0.1, -0.05) is 0 Å². The SMILES string of the molecule is CC(C)(C)OC(=O)N1CCC2(CC1)CC(CF)N(C1=CC(=O)OC1)C2=O. The summed E-state index contributed by atoms with van der Waals surface area (Å²) in [6.07, 6.45) is 2.17. The van der Waals surface area contributed by atoms with Crippen LogP contribution in [0.25, 0.3) is 0 Å². The van der Waals surface area contributed by atoms with Gasteiger partial charge in [0.2, 0.25) is 5.91 Å². The molecule has 1 unspecified atom stereocenters. The molecule has 2 amide bonds. The number of ether oxygens (including phenoxy) is 2. The number of esters is 1. The van der Waals surface area contributed by atoms with E-state index in [1.165, 1.54) is 11.0 Å². The average Bonchev–Trinajstić information content (AvgIpc) is 3.09. The Hall–Kier alpha value is -2.12. The van der Waals surface area contributed by atoms with Crippen molar-refractivity contribution in [1.82, 2.24) is 9.80 Å². The smallest absolute Gasteiger partial charge is 0.410 e. The number of cyclic esters (lactones) is 1. The molecule has 26 heavy (non-hydrogen) atoms. The van der Waals surface area contributed by atoms with Crippen LogP contribution >= 0.6 is 0 Å². The fourth-order valence-electron chi connectivity index (χ4n) is 3.90. The van der Waals surface area contributed by atoms with Gasteiger partial charge in [0, 0.05) is 19.2 Å². The van der Waals surface area contributed by atoms with E-state index >= 15 is 0 Å². The number of hydrogen-bond donors (Lipinski definition) is 0. The molecule has 0 aromatic carbocycles. The van der Waals surface area contributed by atoms with Gasteiger partial charge in [0.15, 0.2) is 0 Å². The molecule has 144 valence electrons. The Kier molecular flexibility index (Phi) is 4.71. The quantitative estimate of drug-likeness (QED) is 0.697. The molecular weight excluding hydrogens is 343 g/mol. The molecule has 0 saturated carbocycles. The molecule has 0 aromatic heterocycles. The summed E-state index contributed by atoms with van der Waals surface area (Å²) in [5.74, 6) is -0.681. The highest BCUT2D eigenvalue weighted by atomic mass is 19.1. The number of piperidine rings is 1. The molecule has 0 radical (unpaired) electrons. The van der Waals surface area contributed by atoms with Gasteiger partial charge < -0.3 is 19.3 Å². The lowest BCUT2D eigenvalue weighted by Gasteiger charge is -2.38. The number of carbonyl (C=O) groups excluding carboxylic acids is 3. The monoisotopic (exact) mass is 368 g/mol. The average molecular weight is 368 g/mol. The lowest BCUT2D eigenvalue weighted by molar-refractivity contribution is -0.139. The van der Waals surface area contributed by atoms with Crippen molar-refractivity contribution < 1.29 is 28.2 Å². The zero-order chi connectivity index (χ0) is 19.1. The summed E-state index contributed by atoms with van der Waals surface area (Å²) in [6, 6.07) is -0.587. The van der Waals surface area contributed by atoms with E-state index in [-0.39, 0.29) is 12.5 Å². The third kappa shape index (κ3) is 3.41. The third-order valence-corrected chi connectivity index (χ3v) is 5.17. The molecule has 0 aromatic rings. The van der Waals surface area contributed by atoms with Crippen molar-refractivity contribution in [3.8, 4) is 0 Å². The van der Waals surface area contributed by atoms with Gasteiger partial charge in [0.1, 0.15) is 18.9 Å². The lowest BCUT2D eigenvalue weighted by Crippen LogP contribution is -2.48. The highest BCUT2D eigenvalue weighted by molar-refractivity contribution is 5.91. The Labute approximate surface area is 152 Å². The standard InChI is InChI=1S/C18H25FN2O5/c1-17(2,3)26-16(24)20-6-4-18(5-7-20)9-13(10-19)21(15(18)23)12-8-14(22)25-11-12/h8,13H,4-7,9-11H2,1-3H3. The largest absolute Gasteiger partial charge is 0.456 e. The molecule has 0 N–H and O–H groups in total. The lowest BCUT2D eigenvalue weighted by atomic mass is 9.76. The van der Waals surface area contributed by atoms with Crippen molar-refractivity contribution >= 4 is 18.0 Å². The van der Waals surface area contributed by atoms with Crippen LogP contribution in [0.5, 0.6) is 0 Å². The molecule has 0 bridgehead atoms. The van der Waals surface area contributed by atoms with Crippen molar-refractivity contribution in [3.05, 3.63) is 11.8 Å². The molecule has 3 aliphatic heterocycles. The molecular formula is C18H25FN2O5. The summed E-state index contributed by atoms with van der Waals surface area (Å²) < 4.78 is 23.8. The zero-order valence-corrected chi connectivity index (χ0v) is 15.4. The first-order chi connectivity index (χ1) is 12.1. The molecule has 1 spiro atoms. The van der Waals surface area contributed by atoms with E-state index in [1.807, 2.05) is 0 Å². The van der Waals surface area contributed by atoms with Crippen molar-refractivity contribution in [1.29, 1.82) is 0 Å². The summed E-state index contributed by atoms with van der Waals surface area (Å²) >= 11 is 0. The van der Waals surface area contributed by atoms with Crippen LogP contribution in [-0.2, 0) is 19.1 Å². The minimum Gasteiger partial charge on any atom is -0.456 e. The van der Waals surface area contributed by atoms with Gasteiger partial charge in [-0.3, -0.25) is 4.79 Å². The summed E-state index contributed by atoms with van der Waals surface area (Å²) in [7, 11) is 0. The van der Waals surface area contributed by atoms with E-state index in [2.05, 4.69) is 0 Å². The Morgan fingerprint density at radius 3 is 2.50 bits per heavy atom. The number of halogens is 1. The number of likely N-dealkylation sites (tertiary alicyclic amines) is 2. The van der Waals surface area contributed by atoms with Crippen molar-refractivity contribution in [2.45, 2.75) is 51.7 Å². The van der Waals surface area contributed by atoms with Gasteiger partial charge in [-0.25, -0.2) is 14.0 Å². The van der Waals surface area contributed by atoms with Crippen LogP contribution in [0.2, 0.25) is 0 Å². The van der Waals surface area contributed by atoms with Gasteiger partial charge in [0.25, 0.3) is 0 Å². The van der Waals surface area contributed by atoms with Gasteiger partial charge >= 0.3 is 12.1 Å². The van der Waals surface area contributed by atoms with Gasteiger partial charge in [-0.05, 0) is 40.0 Å². The molecule has 3 aliphatic rings. The van der Waals surface area contributed by atoms with Gasteiger partial charge in [0.05, 0.1) is 17.2 Å². The number of nitrogens with zero attached hydrogens (tertiary/aromatic N) is 2. The van der Waals surface area contributed by atoms with Crippen LogP contribution in [0.15, 0.2) is 11.8 Å². The fourth-order valence-corrected chi connectivity index (χ4v) is 3.90. The summed E-state index contributed by atoms with van der Waals surface area (Å²) in [6.45, 7) is 5.53. The van der Waals surface area contributed by atoms with Crippen LogP contribution in [0.4, 0.5) is 9.18 Å². The topological polar surface area (TPSA) is 76.2 Å².